The highest BCUT2D eigenvalue weighted by Gasteiger charge is 2.08. The van der Waals surface area contributed by atoms with E-state index in [1.54, 1.807) is 34.4 Å². The molecule has 0 unspecified atom stereocenters. The van der Waals surface area contributed by atoms with Crippen LogP contribution >= 0.6 is 34.4 Å². The van der Waals surface area contributed by atoms with Gasteiger partial charge >= 0.3 is 0 Å². The highest BCUT2D eigenvalue weighted by atomic mass is 32.2. The molecule has 160 valence electrons. The van der Waals surface area contributed by atoms with Crippen molar-refractivity contribution in [2.75, 3.05) is 11.5 Å². The molecule has 0 spiro atoms. The first-order valence-electron chi connectivity index (χ1n) is 9.97. The predicted molar refractivity (Wildman–Crippen MR) is 129 cm³/mol. The SMILES string of the molecule is O=C(CCSCCC(=O)NCc1nc2ccccc2s1)NCc1nc2ccccc2s1. The number of fused-ring (bicyclic) bond motifs is 2. The summed E-state index contributed by atoms with van der Waals surface area (Å²) in [6.45, 7) is 0.911. The van der Waals surface area contributed by atoms with Gasteiger partial charge in [0.15, 0.2) is 0 Å². The van der Waals surface area contributed by atoms with E-state index in [9.17, 15) is 9.59 Å². The van der Waals surface area contributed by atoms with Crippen molar-refractivity contribution in [2.24, 2.45) is 0 Å². The van der Waals surface area contributed by atoms with Crippen molar-refractivity contribution in [2.45, 2.75) is 25.9 Å². The van der Waals surface area contributed by atoms with Crippen molar-refractivity contribution in [3.05, 3.63) is 58.5 Å². The molecule has 0 aliphatic rings. The van der Waals surface area contributed by atoms with Crippen LogP contribution in [0.15, 0.2) is 48.5 Å². The molecule has 0 fully saturated rings. The molecule has 2 amide bonds. The molecular formula is C22H22N4O2S3. The van der Waals surface area contributed by atoms with Gasteiger partial charge < -0.3 is 10.6 Å². The molecule has 0 atom stereocenters. The van der Waals surface area contributed by atoms with Gasteiger partial charge in [-0.25, -0.2) is 9.97 Å². The summed E-state index contributed by atoms with van der Waals surface area (Å²) in [6, 6.07) is 15.9. The summed E-state index contributed by atoms with van der Waals surface area (Å²) >= 11 is 4.81. The number of nitrogens with zero attached hydrogens (tertiary/aromatic N) is 2. The standard InChI is InChI=1S/C22H22N4O2S3/c27-19(23-13-21-25-15-5-1-3-7-17(15)30-21)9-11-29-12-10-20(28)24-14-22-26-16-6-2-4-8-18(16)31-22/h1-8H,9-14H2,(H,23,27)(H,24,28). The maximum atomic E-state index is 12.0. The first kappa shape index (κ1) is 21.7. The third-order valence-electron chi connectivity index (χ3n) is 4.50. The van der Waals surface area contributed by atoms with Gasteiger partial charge in [-0.3, -0.25) is 9.59 Å². The van der Waals surface area contributed by atoms with Crippen LogP contribution in [-0.2, 0) is 22.7 Å². The van der Waals surface area contributed by atoms with E-state index in [-0.39, 0.29) is 11.8 Å². The molecular weight excluding hydrogens is 448 g/mol. The molecule has 2 aromatic carbocycles. The number of thiazole rings is 2. The van der Waals surface area contributed by atoms with E-state index in [0.29, 0.717) is 37.4 Å². The molecule has 4 rings (SSSR count). The fourth-order valence-electron chi connectivity index (χ4n) is 2.95. The van der Waals surface area contributed by atoms with Crippen molar-refractivity contribution < 1.29 is 9.59 Å². The van der Waals surface area contributed by atoms with Gasteiger partial charge in [0.1, 0.15) is 10.0 Å². The topological polar surface area (TPSA) is 84.0 Å². The number of para-hydroxylation sites is 2. The number of hydrogen-bond acceptors (Lipinski definition) is 7. The summed E-state index contributed by atoms with van der Waals surface area (Å²) in [5.41, 5.74) is 1.93. The molecule has 0 bridgehead atoms. The Balaban J connectivity index is 1.07. The number of carbonyl (C=O) groups excluding carboxylic acids is 2. The van der Waals surface area contributed by atoms with Crippen molar-refractivity contribution in [3.63, 3.8) is 0 Å². The fraction of sp³-hybridized carbons (Fsp3) is 0.273. The van der Waals surface area contributed by atoms with Crippen molar-refractivity contribution in [1.29, 1.82) is 0 Å². The summed E-state index contributed by atoms with van der Waals surface area (Å²) in [7, 11) is 0. The Labute approximate surface area is 192 Å². The molecule has 2 N–H and O–H groups in total. The van der Waals surface area contributed by atoms with Crippen LogP contribution in [0.2, 0.25) is 0 Å². The molecule has 0 saturated heterocycles. The van der Waals surface area contributed by atoms with Gasteiger partial charge in [0, 0.05) is 24.3 Å². The van der Waals surface area contributed by atoms with E-state index >= 15 is 0 Å². The normalized spacial score (nSPS) is 11.1. The Morgan fingerprint density at radius 2 is 1.19 bits per heavy atom. The summed E-state index contributed by atoms with van der Waals surface area (Å²) in [6.07, 6.45) is 0.867. The average molecular weight is 471 g/mol. The monoisotopic (exact) mass is 470 g/mol. The zero-order chi connectivity index (χ0) is 21.5. The van der Waals surface area contributed by atoms with Gasteiger partial charge in [-0.05, 0) is 24.3 Å². The molecule has 0 aliphatic heterocycles. The van der Waals surface area contributed by atoms with Crippen LogP contribution in [0.1, 0.15) is 22.9 Å². The van der Waals surface area contributed by atoms with Gasteiger partial charge in [-0.1, -0.05) is 24.3 Å². The third-order valence-corrected chi connectivity index (χ3v) is 7.56. The number of hydrogen-bond donors (Lipinski definition) is 2. The second kappa shape index (κ2) is 10.7. The number of amides is 2. The fourth-order valence-corrected chi connectivity index (χ4v) is 5.63. The zero-order valence-corrected chi connectivity index (χ0v) is 19.2. The zero-order valence-electron chi connectivity index (χ0n) is 16.8. The molecule has 4 aromatic rings. The summed E-state index contributed by atoms with van der Waals surface area (Å²) in [5.74, 6) is 1.40. The lowest BCUT2D eigenvalue weighted by Gasteiger charge is -2.04. The minimum atomic E-state index is 0.00652. The summed E-state index contributed by atoms with van der Waals surface area (Å²) in [5, 5.41) is 7.66. The van der Waals surface area contributed by atoms with Crippen LogP contribution in [0.5, 0.6) is 0 Å². The Kier molecular flexibility index (Phi) is 7.50. The van der Waals surface area contributed by atoms with Crippen molar-refractivity contribution in [3.8, 4) is 0 Å². The molecule has 31 heavy (non-hydrogen) atoms. The van der Waals surface area contributed by atoms with Gasteiger partial charge in [0.05, 0.1) is 33.5 Å². The van der Waals surface area contributed by atoms with Gasteiger partial charge in [0.25, 0.3) is 0 Å². The molecule has 2 heterocycles. The van der Waals surface area contributed by atoms with E-state index in [4.69, 9.17) is 0 Å². The van der Waals surface area contributed by atoms with Crippen molar-refractivity contribution in [1.82, 2.24) is 20.6 Å². The molecule has 0 radical (unpaired) electrons. The smallest absolute Gasteiger partial charge is 0.221 e. The maximum absolute atomic E-state index is 12.0. The summed E-state index contributed by atoms with van der Waals surface area (Å²) < 4.78 is 2.26. The van der Waals surface area contributed by atoms with Gasteiger partial charge in [-0.2, -0.15) is 11.8 Å². The average Bonchev–Trinajstić information content (AvgIpc) is 3.39. The van der Waals surface area contributed by atoms with E-state index < -0.39 is 0 Å². The lowest BCUT2D eigenvalue weighted by molar-refractivity contribution is -0.121. The number of aromatic nitrogens is 2. The molecule has 6 nitrogen and oxygen atoms in total. The summed E-state index contributed by atoms with van der Waals surface area (Å²) in [4.78, 5) is 33.1. The Hall–Kier alpha value is -2.49. The van der Waals surface area contributed by atoms with E-state index in [0.717, 1.165) is 30.4 Å². The second-order valence-corrected chi connectivity index (χ2v) is 10.3. The predicted octanol–water partition coefficient (Wildman–Crippen LogP) is 4.35. The molecule has 9 heteroatoms. The van der Waals surface area contributed by atoms with Crippen LogP contribution in [0.3, 0.4) is 0 Å². The Bertz CT molecular complexity index is 1030. The van der Waals surface area contributed by atoms with Gasteiger partial charge in [0.2, 0.25) is 11.8 Å². The lowest BCUT2D eigenvalue weighted by atomic mass is 10.3. The van der Waals surface area contributed by atoms with E-state index in [2.05, 4.69) is 20.6 Å². The van der Waals surface area contributed by atoms with Crippen LogP contribution in [-0.4, -0.2) is 33.3 Å². The number of benzene rings is 2. The second-order valence-electron chi connectivity index (χ2n) is 6.82. The molecule has 2 aromatic heterocycles. The number of nitrogens with one attached hydrogen (secondary N) is 2. The largest absolute Gasteiger partial charge is 0.350 e. The van der Waals surface area contributed by atoms with E-state index in [1.165, 1.54) is 0 Å². The van der Waals surface area contributed by atoms with Crippen LogP contribution in [0.25, 0.3) is 20.4 Å². The van der Waals surface area contributed by atoms with E-state index in [1.807, 2.05) is 48.5 Å². The van der Waals surface area contributed by atoms with Crippen LogP contribution in [0, 0.1) is 0 Å². The number of thioether (sulfide) groups is 1. The molecule has 0 saturated carbocycles. The highest BCUT2D eigenvalue weighted by Crippen LogP contribution is 2.22. The number of carbonyl (C=O) groups is 2. The quantitative estimate of drug-likeness (QED) is 0.337. The molecule has 0 aliphatic carbocycles. The van der Waals surface area contributed by atoms with Crippen molar-refractivity contribution >= 4 is 66.7 Å². The minimum absolute atomic E-state index is 0.00652. The first-order valence-corrected chi connectivity index (χ1v) is 12.8. The first-order chi connectivity index (χ1) is 15.2. The lowest BCUT2D eigenvalue weighted by Crippen LogP contribution is -2.24. The van der Waals surface area contributed by atoms with Gasteiger partial charge in [-0.15, -0.1) is 22.7 Å². The number of rotatable bonds is 10. The van der Waals surface area contributed by atoms with Crippen LogP contribution in [0.4, 0.5) is 0 Å². The highest BCUT2D eigenvalue weighted by molar-refractivity contribution is 7.99. The Morgan fingerprint density at radius 1 is 0.742 bits per heavy atom. The third kappa shape index (κ3) is 6.25. The minimum Gasteiger partial charge on any atom is -0.350 e. The van der Waals surface area contributed by atoms with Crippen LogP contribution < -0.4 is 10.6 Å². The Morgan fingerprint density at radius 3 is 1.65 bits per heavy atom. The maximum Gasteiger partial charge on any atom is 0.221 e.